The molecule has 0 saturated carbocycles. The standard InChI is InChI=1S/C9H11O3P.C7H8/c1-2-12-13(11,8-10)9-6-4-3-5-7-9;1-7-5-3-2-4-6-7/h3-8H,2H2,1H3;2-6H,1H3. The number of rotatable bonds is 4. The first-order valence-corrected chi connectivity index (χ1v) is 8.09. The maximum absolute atomic E-state index is 11.8. The average molecular weight is 290 g/mol. The second-order valence-corrected chi connectivity index (χ2v) is 6.29. The molecule has 2 rings (SSSR count). The second-order valence-electron chi connectivity index (χ2n) is 4.11. The molecule has 1 atom stereocenters. The lowest BCUT2D eigenvalue weighted by Gasteiger charge is -2.10. The Labute approximate surface area is 120 Å². The van der Waals surface area contributed by atoms with Gasteiger partial charge in [0.25, 0.3) is 7.37 Å². The Hall–Kier alpha value is -1.70. The molecule has 20 heavy (non-hydrogen) atoms. The molecule has 0 amide bonds. The fourth-order valence-electron chi connectivity index (χ4n) is 1.53. The number of carbonyl (C=O) groups is 1. The summed E-state index contributed by atoms with van der Waals surface area (Å²) >= 11 is 0. The molecular weight excluding hydrogens is 271 g/mol. The average Bonchev–Trinajstić information content (AvgIpc) is 2.50. The number of hydrogen-bond donors (Lipinski definition) is 0. The van der Waals surface area contributed by atoms with Gasteiger partial charge in [-0.1, -0.05) is 54.1 Å². The van der Waals surface area contributed by atoms with Gasteiger partial charge in [0, 0.05) is 5.30 Å². The molecule has 0 heterocycles. The summed E-state index contributed by atoms with van der Waals surface area (Å²) in [6.07, 6.45) is 0. The van der Waals surface area contributed by atoms with E-state index in [0.29, 0.717) is 11.3 Å². The molecule has 0 aromatic heterocycles. The lowest BCUT2D eigenvalue weighted by Crippen LogP contribution is -2.07. The molecule has 0 fully saturated rings. The number of hydrogen-bond acceptors (Lipinski definition) is 3. The summed E-state index contributed by atoms with van der Waals surface area (Å²) in [5, 5.41) is 0.451. The summed E-state index contributed by atoms with van der Waals surface area (Å²) in [5.74, 6) is 0. The van der Waals surface area contributed by atoms with Gasteiger partial charge in [0.2, 0.25) is 6.03 Å². The van der Waals surface area contributed by atoms with Crippen LogP contribution in [0.3, 0.4) is 0 Å². The van der Waals surface area contributed by atoms with Crippen LogP contribution in [0, 0.1) is 6.92 Å². The van der Waals surface area contributed by atoms with Crippen LogP contribution in [0.15, 0.2) is 60.7 Å². The van der Waals surface area contributed by atoms with Gasteiger partial charge >= 0.3 is 0 Å². The molecule has 0 aliphatic carbocycles. The second kappa shape index (κ2) is 8.47. The van der Waals surface area contributed by atoms with Crippen LogP contribution in [-0.4, -0.2) is 12.6 Å². The van der Waals surface area contributed by atoms with Gasteiger partial charge in [0.1, 0.15) is 0 Å². The minimum atomic E-state index is -3.23. The van der Waals surface area contributed by atoms with Crippen LogP contribution in [0.4, 0.5) is 0 Å². The van der Waals surface area contributed by atoms with E-state index in [9.17, 15) is 9.36 Å². The van der Waals surface area contributed by atoms with Crippen molar-refractivity contribution in [1.82, 2.24) is 0 Å². The van der Waals surface area contributed by atoms with Crippen molar-refractivity contribution < 1.29 is 13.9 Å². The van der Waals surface area contributed by atoms with Crippen LogP contribution in [-0.2, 0) is 13.9 Å². The van der Waals surface area contributed by atoms with Crippen molar-refractivity contribution >= 4 is 18.7 Å². The third-order valence-electron chi connectivity index (χ3n) is 2.52. The molecule has 2 aromatic rings. The van der Waals surface area contributed by atoms with E-state index in [1.54, 1.807) is 37.3 Å². The number of benzene rings is 2. The fourth-order valence-corrected chi connectivity index (χ4v) is 2.83. The zero-order valence-electron chi connectivity index (χ0n) is 11.7. The van der Waals surface area contributed by atoms with Crippen molar-refractivity contribution in [1.29, 1.82) is 0 Å². The molecule has 3 nitrogen and oxygen atoms in total. The Kier molecular flexibility index (Phi) is 6.92. The molecule has 0 aliphatic rings. The molecule has 0 saturated heterocycles. The number of carbonyl (C=O) groups excluding carboxylic acids is 1. The van der Waals surface area contributed by atoms with Gasteiger partial charge < -0.3 is 4.52 Å². The first-order chi connectivity index (χ1) is 9.62. The van der Waals surface area contributed by atoms with Crippen LogP contribution in [0.2, 0.25) is 0 Å². The normalized spacial score (nSPS) is 12.7. The van der Waals surface area contributed by atoms with Crippen molar-refractivity contribution in [2.24, 2.45) is 0 Å². The summed E-state index contributed by atoms with van der Waals surface area (Å²) < 4.78 is 16.7. The predicted octanol–water partition coefficient (Wildman–Crippen LogP) is 3.81. The molecule has 106 valence electrons. The monoisotopic (exact) mass is 290 g/mol. The smallest absolute Gasteiger partial charge is 0.292 e. The maximum atomic E-state index is 11.8. The van der Waals surface area contributed by atoms with Crippen molar-refractivity contribution in [3.8, 4) is 0 Å². The highest BCUT2D eigenvalue weighted by Gasteiger charge is 2.23. The molecule has 0 radical (unpaired) electrons. The van der Waals surface area contributed by atoms with E-state index < -0.39 is 7.37 Å². The quantitative estimate of drug-likeness (QED) is 0.635. The van der Waals surface area contributed by atoms with E-state index >= 15 is 0 Å². The molecule has 0 aliphatic heterocycles. The van der Waals surface area contributed by atoms with Gasteiger partial charge in [0.15, 0.2) is 0 Å². The van der Waals surface area contributed by atoms with E-state index in [2.05, 4.69) is 19.1 Å². The number of aryl methyl sites for hydroxylation is 1. The van der Waals surface area contributed by atoms with E-state index in [0.717, 1.165) is 0 Å². The van der Waals surface area contributed by atoms with Crippen molar-refractivity contribution in [2.75, 3.05) is 6.61 Å². The Morgan fingerprint density at radius 2 is 1.50 bits per heavy atom. The molecule has 2 aromatic carbocycles. The molecule has 0 spiro atoms. The SMILES string of the molecule is CCOP(=O)(C=O)c1ccccc1.Cc1ccccc1. The van der Waals surface area contributed by atoms with Crippen LogP contribution in [0.5, 0.6) is 0 Å². The van der Waals surface area contributed by atoms with Gasteiger partial charge in [0.05, 0.1) is 6.61 Å². The summed E-state index contributed by atoms with van der Waals surface area (Å²) in [4.78, 5) is 10.6. The van der Waals surface area contributed by atoms with Crippen LogP contribution < -0.4 is 5.30 Å². The predicted molar refractivity (Wildman–Crippen MR) is 83.2 cm³/mol. The lowest BCUT2D eigenvalue weighted by molar-refractivity contribution is 0.348. The van der Waals surface area contributed by atoms with Gasteiger partial charge in [-0.25, -0.2) is 0 Å². The minimum Gasteiger partial charge on any atom is -0.321 e. The minimum absolute atomic E-state index is 0.269. The highest BCUT2D eigenvalue weighted by molar-refractivity contribution is 7.80. The van der Waals surface area contributed by atoms with Gasteiger partial charge in [-0.05, 0) is 26.0 Å². The maximum Gasteiger partial charge on any atom is 0.292 e. The third kappa shape index (κ3) is 5.12. The molecule has 0 bridgehead atoms. The van der Waals surface area contributed by atoms with E-state index in [-0.39, 0.29) is 6.61 Å². The third-order valence-corrected chi connectivity index (χ3v) is 4.45. The van der Waals surface area contributed by atoms with Crippen LogP contribution in [0.25, 0.3) is 0 Å². The Morgan fingerprint density at radius 1 is 1.00 bits per heavy atom. The van der Waals surface area contributed by atoms with E-state index in [1.165, 1.54) is 5.56 Å². The van der Waals surface area contributed by atoms with Crippen LogP contribution in [0.1, 0.15) is 12.5 Å². The zero-order chi connectivity index (χ0) is 14.8. The summed E-state index contributed by atoms with van der Waals surface area (Å²) in [7, 11) is -3.23. The van der Waals surface area contributed by atoms with Crippen LogP contribution >= 0.6 is 7.37 Å². The molecule has 4 heteroatoms. The highest BCUT2D eigenvalue weighted by atomic mass is 31.2. The van der Waals surface area contributed by atoms with E-state index in [4.69, 9.17) is 4.52 Å². The molecule has 0 N–H and O–H groups in total. The Morgan fingerprint density at radius 3 is 1.85 bits per heavy atom. The van der Waals surface area contributed by atoms with Gasteiger partial charge in [-0.2, -0.15) is 0 Å². The lowest BCUT2D eigenvalue weighted by atomic mass is 10.2. The Bertz CT molecular complexity index is 552. The molecular formula is C16H19O3P. The summed E-state index contributed by atoms with van der Waals surface area (Å²) in [6, 6.07) is 19.2. The highest BCUT2D eigenvalue weighted by Crippen LogP contribution is 2.41. The Balaban J connectivity index is 0.000000240. The first-order valence-electron chi connectivity index (χ1n) is 6.40. The zero-order valence-corrected chi connectivity index (χ0v) is 12.6. The van der Waals surface area contributed by atoms with Crippen molar-refractivity contribution in [3.05, 3.63) is 66.2 Å². The van der Waals surface area contributed by atoms with Gasteiger partial charge in [-0.15, -0.1) is 0 Å². The fraction of sp³-hybridized carbons (Fsp3) is 0.188. The van der Waals surface area contributed by atoms with E-state index in [1.807, 2.05) is 18.2 Å². The molecule has 1 unspecified atom stereocenters. The topological polar surface area (TPSA) is 43.4 Å². The van der Waals surface area contributed by atoms with Gasteiger partial charge in [-0.3, -0.25) is 9.36 Å². The van der Waals surface area contributed by atoms with Crippen molar-refractivity contribution in [3.63, 3.8) is 0 Å². The van der Waals surface area contributed by atoms with Crippen molar-refractivity contribution in [2.45, 2.75) is 13.8 Å². The first kappa shape index (κ1) is 16.4. The summed E-state index contributed by atoms with van der Waals surface area (Å²) in [5.41, 5.74) is 1.32. The largest absolute Gasteiger partial charge is 0.321 e. The summed E-state index contributed by atoms with van der Waals surface area (Å²) in [6.45, 7) is 4.06.